The third-order valence-corrected chi connectivity index (χ3v) is 3.90. The Labute approximate surface area is 159 Å². The number of ether oxygens (including phenoxy) is 2. The van der Waals surface area contributed by atoms with Crippen LogP contribution in [0.15, 0.2) is 24.3 Å². The number of halogens is 1. The van der Waals surface area contributed by atoms with Gasteiger partial charge in [-0.25, -0.2) is 4.79 Å². The molecule has 1 aromatic carbocycles. The van der Waals surface area contributed by atoms with Crippen molar-refractivity contribution < 1.29 is 14.3 Å². The number of carbonyl (C=O) groups excluding carboxylic acids is 1. The Morgan fingerprint density at radius 2 is 1.81 bits per heavy atom. The number of aromatic nitrogens is 3. The van der Waals surface area contributed by atoms with E-state index in [1.165, 1.54) is 11.9 Å². The average molecular weight is 384 g/mol. The molecule has 0 radical (unpaired) electrons. The molecule has 0 aliphatic carbocycles. The minimum atomic E-state index is -0.523. The van der Waals surface area contributed by atoms with Crippen molar-refractivity contribution in [2.24, 2.45) is 0 Å². The Hall–Kier alpha value is -2.32. The molecular weight excluding hydrogens is 358 g/mol. The standard InChI is InChI=1S/C17H25N5O3.ClH/c1-5-21(6-2)11-12-22-19-15(17(23)25-4)16(20-22)18-13-7-9-14(24-3)10-8-13;/h7-10H,5-6,11-12H2,1-4H3,(H,18,20);1H. The van der Waals surface area contributed by atoms with E-state index in [4.69, 9.17) is 9.47 Å². The Morgan fingerprint density at radius 1 is 1.15 bits per heavy atom. The summed E-state index contributed by atoms with van der Waals surface area (Å²) in [5.74, 6) is 0.600. The van der Waals surface area contributed by atoms with Crippen molar-refractivity contribution in [3.8, 4) is 5.75 Å². The largest absolute Gasteiger partial charge is 0.497 e. The summed E-state index contributed by atoms with van der Waals surface area (Å²) in [6.45, 7) is 7.53. The highest BCUT2D eigenvalue weighted by molar-refractivity contribution is 5.93. The normalized spacial score (nSPS) is 10.3. The molecule has 1 heterocycles. The van der Waals surface area contributed by atoms with E-state index in [0.29, 0.717) is 12.4 Å². The molecule has 2 rings (SSSR count). The van der Waals surface area contributed by atoms with Crippen LogP contribution < -0.4 is 10.1 Å². The highest BCUT2D eigenvalue weighted by Crippen LogP contribution is 2.21. The van der Waals surface area contributed by atoms with Crippen molar-refractivity contribution in [3.63, 3.8) is 0 Å². The maximum Gasteiger partial charge on any atom is 0.362 e. The Kier molecular flexibility index (Phi) is 8.87. The van der Waals surface area contributed by atoms with Crippen molar-refractivity contribution in [2.45, 2.75) is 20.4 Å². The highest BCUT2D eigenvalue weighted by Gasteiger charge is 2.19. The SMILES string of the molecule is CCN(CC)CCn1nc(Nc2ccc(OC)cc2)c(C(=O)OC)n1.Cl. The Balaban J connectivity index is 0.00000338. The Morgan fingerprint density at radius 3 is 2.35 bits per heavy atom. The summed E-state index contributed by atoms with van der Waals surface area (Å²) in [5, 5.41) is 11.8. The smallest absolute Gasteiger partial charge is 0.362 e. The van der Waals surface area contributed by atoms with E-state index in [0.717, 1.165) is 31.1 Å². The lowest BCUT2D eigenvalue weighted by molar-refractivity contribution is 0.0594. The van der Waals surface area contributed by atoms with Crippen LogP contribution in [0, 0.1) is 0 Å². The molecule has 1 N–H and O–H groups in total. The second-order valence-electron chi connectivity index (χ2n) is 5.37. The molecule has 26 heavy (non-hydrogen) atoms. The van der Waals surface area contributed by atoms with Gasteiger partial charge in [0.15, 0.2) is 5.82 Å². The van der Waals surface area contributed by atoms with Gasteiger partial charge in [-0.2, -0.15) is 4.80 Å². The summed E-state index contributed by atoms with van der Waals surface area (Å²) in [5.41, 5.74) is 0.944. The van der Waals surface area contributed by atoms with Gasteiger partial charge in [0.1, 0.15) is 5.75 Å². The third kappa shape index (κ3) is 5.60. The number of hydrogen-bond donors (Lipinski definition) is 1. The summed E-state index contributed by atoms with van der Waals surface area (Å²) < 4.78 is 9.95. The molecule has 9 heteroatoms. The molecule has 0 saturated heterocycles. The fourth-order valence-corrected chi connectivity index (χ4v) is 2.35. The minimum absolute atomic E-state index is 0. The number of nitrogens with zero attached hydrogens (tertiary/aromatic N) is 4. The number of benzene rings is 1. The number of hydrogen-bond acceptors (Lipinski definition) is 7. The maximum absolute atomic E-state index is 12.0. The van der Waals surface area contributed by atoms with E-state index >= 15 is 0 Å². The van der Waals surface area contributed by atoms with Crippen LogP contribution >= 0.6 is 12.4 Å². The zero-order valence-corrected chi connectivity index (χ0v) is 16.4. The van der Waals surface area contributed by atoms with Crippen molar-refractivity contribution in [1.82, 2.24) is 19.9 Å². The number of rotatable bonds is 9. The molecule has 144 valence electrons. The van der Waals surface area contributed by atoms with E-state index < -0.39 is 5.97 Å². The van der Waals surface area contributed by atoms with Crippen LogP contribution in [0.5, 0.6) is 5.75 Å². The quantitative estimate of drug-likeness (QED) is 0.666. The van der Waals surface area contributed by atoms with Gasteiger partial charge in [0.05, 0.1) is 20.8 Å². The van der Waals surface area contributed by atoms with Crippen LogP contribution in [-0.4, -0.2) is 59.7 Å². The maximum atomic E-state index is 12.0. The van der Waals surface area contributed by atoms with Gasteiger partial charge >= 0.3 is 5.97 Å². The fourth-order valence-electron chi connectivity index (χ4n) is 2.35. The van der Waals surface area contributed by atoms with Crippen molar-refractivity contribution in [2.75, 3.05) is 39.2 Å². The molecule has 0 saturated carbocycles. The lowest BCUT2D eigenvalue weighted by Gasteiger charge is -2.16. The number of likely N-dealkylation sites (N-methyl/N-ethyl adjacent to an activating group) is 1. The van der Waals surface area contributed by atoms with Gasteiger partial charge < -0.3 is 19.7 Å². The molecule has 0 amide bonds. The molecule has 0 aliphatic heterocycles. The first-order valence-electron chi connectivity index (χ1n) is 8.28. The monoisotopic (exact) mass is 383 g/mol. The third-order valence-electron chi connectivity index (χ3n) is 3.90. The van der Waals surface area contributed by atoms with Crippen molar-refractivity contribution >= 4 is 29.9 Å². The van der Waals surface area contributed by atoms with Crippen LogP contribution in [0.25, 0.3) is 0 Å². The summed E-state index contributed by atoms with van der Waals surface area (Å²) in [7, 11) is 2.94. The van der Waals surface area contributed by atoms with Crippen LogP contribution in [0.4, 0.5) is 11.5 Å². The number of esters is 1. The van der Waals surface area contributed by atoms with E-state index in [1.807, 2.05) is 24.3 Å². The number of nitrogens with one attached hydrogen (secondary N) is 1. The second-order valence-corrected chi connectivity index (χ2v) is 5.37. The molecular formula is C17H26ClN5O3. The summed E-state index contributed by atoms with van der Waals surface area (Å²) in [6, 6.07) is 7.33. The lowest BCUT2D eigenvalue weighted by Crippen LogP contribution is -2.27. The fraction of sp³-hybridized carbons (Fsp3) is 0.471. The highest BCUT2D eigenvalue weighted by atomic mass is 35.5. The number of anilines is 2. The lowest BCUT2D eigenvalue weighted by atomic mass is 10.3. The van der Waals surface area contributed by atoms with Crippen molar-refractivity contribution in [3.05, 3.63) is 30.0 Å². The van der Waals surface area contributed by atoms with Gasteiger partial charge in [0.25, 0.3) is 0 Å². The molecule has 0 atom stereocenters. The first kappa shape index (κ1) is 21.7. The van der Waals surface area contributed by atoms with Gasteiger partial charge in [-0.05, 0) is 37.4 Å². The van der Waals surface area contributed by atoms with Gasteiger partial charge in [-0.15, -0.1) is 22.6 Å². The molecule has 0 unspecified atom stereocenters. The van der Waals surface area contributed by atoms with E-state index in [2.05, 4.69) is 34.3 Å². The molecule has 0 bridgehead atoms. The molecule has 8 nitrogen and oxygen atoms in total. The van der Waals surface area contributed by atoms with Gasteiger partial charge in [0, 0.05) is 12.2 Å². The van der Waals surface area contributed by atoms with Crippen LogP contribution in [0.2, 0.25) is 0 Å². The molecule has 0 spiro atoms. The predicted octanol–water partition coefficient (Wildman–Crippen LogP) is 2.58. The zero-order valence-electron chi connectivity index (χ0n) is 15.6. The summed E-state index contributed by atoms with van der Waals surface area (Å²) >= 11 is 0. The molecule has 0 fully saturated rings. The Bertz CT molecular complexity index is 686. The van der Waals surface area contributed by atoms with Crippen LogP contribution in [0.1, 0.15) is 24.3 Å². The van der Waals surface area contributed by atoms with E-state index in [9.17, 15) is 4.79 Å². The van der Waals surface area contributed by atoms with Crippen LogP contribution in [-0.2, 0) is 11.3 Å². The van der Waals surface area contributed by atoms with E-state index in [1.54, 1.807) is 7.11 Å². The number of carbonyl (C=O) groups is 1. The first-order chi connectivity index (χ1) is 12.1. The van der Waals surface area contributed by atoms with Gasteiger partial charge in [-0.1, -0.05) is 13.8 Å². The topological polar surface area (TPSA) is 81.5 Å². The van der Waals surface area contributed by atoms with Gasteiger partial charge in [0.2, 0.25) is 5.69 Å². The van der Waals surface area contributed by atoms with Crippen molar-refractivity contribution in [1.29, 1.82) is 0 Å². The van der Waals surface area contributed by atoms with E-state index in [-0.39, 0.29) is 18.1 Å². The predicted molar refractivity (Wildman–Crippen MR) is 103 cm³/mol. The summed E-state index contributed by atoms with van der Waals surface area (Å²) in [4.78, 5) is 15.8. The molecule has 0 aliphatic rings. The first-order valence-corrected chi connectivity index (χ1v) is 8.28. The van der Waals surface area contributed by atoms with Gasteiger partial charge in [-0.3, -0.25) is 0 Å². The molecule has 2 aromatic rings. The average Bonchev–Trinajstić information content (AvgIpc) is 3.05. The zero-order chi connectivity index (χ0) is 18.2. The minimum Gasteiger partial charge on any atom is -0.497 e. The molecule has 1 aromatic heterocycles. The second kappa shape index (κ2) is 10.6. The van der Waals surface area contributed by atoms with Crippen LogP contribution in [0.3, 0.4) is 0 Å². The number of methoxy groups -OCH3 is 2. The summed E-state index contributed by atoms with van der Waals surface area (Å²) in [6.07, 6.45) is 0.